The summed E-state index contributed by atoms with van der Waals surface area (Å²) in [6.07, 6.45) is 1.63. The van der Waals surface area contributed by atoms with Gasteiger partial charge < -0.3 is 14.3 Å². The zero-order valence-electron chi connectivity index (χ0n) is 12.5. The van der Waals surface area contributed by atoms with Gasteiger partial charge in [0.15, 0.2) is 11.5 Å². The number of aryl methyl sites for hydroxylation is 1. The molecule has 1 aromatic heterocycles. The largest absolute Gasteiger partial charge is 0.504 e. The number of aromatic hydroxyl groups is 1. The topological polar surface area (TPSA) is 59.7 Å². The monoisotopic (exact) mass is 296 g/mol. The molecular formula is C18H16O4. The van der Waals surface area contributed by atoms with Crippen LogP contribution in [0.15, 0.2) is 39.5 Å². The lowest BCUT2D eigenvalue weighted by Crippen LogP contribution is -2.32. The number of rotatable bonds is 0. The molecule has 0 bridgehead atoms. The van der Waals surface area contributed by atoms with Crippen molar-refractivity contribution in [1.82, 2.24) is 0 Å². The van der Waals surface area contributed by atoms with Crippen LogP contribution >= 0.6 is 0 Å². The van der Waals surface area contributed by atoms with Crippen LogP contribution in [0.5, 0.6) is 11.5 Å². The van der Waals surface area contributed by atoms with Gasteiger partial charge in [-0.25, -0.2) is 0 Å². The van der Waals surface area contributed by atoms with Gasteiger partial charge in [-0.2, -0.15) is 0 Å². The minimum absolute atomic E-state index is 0.111. The second-order valence-electron chi connectivity index (χ2n) is 6.38. The Morgan fingerprint density at radius 2 is 1.95 bits per heavy atom. The van der Waals surface area contributed by atoms with E-state index in [4.69, 9.17) is 9.15 Å². The highest BCUT2D eigenvalue weighted by Crippen LogP contribution is 2.43. The van der Waals surface area contributed by atoms with Crippen LogP contribution < -0.4 is 10.2 Å². The van der Waals surface area contributed by atoms with E-state index in [9.17, 15) is 9.90 Å². The summed E-state index contributed by atoms with van der Waals surface area (Å²) < 4.78 is 11.7. The Morgan fingerprint density at radius 1 is 1.18 bits per heavy atom. The minimum atomic E-state index is -0.352. The third-order valence-electron chi connectivity index (χ3n) is 4.25. The highest BCUT2D eigenvalue weighted by Gasteiger charge is 2.30. The van der Waals surface area contributed by atoms with Crippen molar-refractivity contribution in [1.29, 1.82) is 0 Å². The van der Waals surface area contributed by atoms with E-state index in [0.29, 0.717) is 22.3 Å². The minimum Gasteiger partial charge on any atom is -0.504 e. The molecule has 0 aliphatic carbocycles. The number of ether oxygens (including phenoxy) is 1. The van der Waals surface area contributed by atoms with E-state index in [1.54, 1.807) is 18.2 Å². The first-order valence-electron chi connectivity index (χ1n) is 7.36. The Morgan fingerprint density at radius 3 is 2.77 bits per heavy atom. The van der Waals surface area contributed by atoms with E-state index in [2.05, 4.69) is 0 Å². The van der Waals surface area contributed by atoms with Gasteiger partial charge in [0.05, 0.1) is 5.39 Å². The van der Waals surface area contributed by atoms with Crippen molar-refractivity contribution in [3.8, 4) is 11.5 Å². The Balaban J connectivity index is 2.12. The average molecular weight is 296 g/mol. The lowest BCUT2D eigenvalue weighted by atomic mass is 9.93. The van der Waals surface area contributed by atoms with Crippen LogP contribution in [0.1, 0.15) is 25.8 Å². The molecule has 22 heavy (non-hydrogen) atoms. The van der Waals surface area contributed by atoms with Gasteiger partial charge in [-0.3, -0.25) is 4.79 Å². The molecule has 0 saturated heterocycles. The first-order chi connectivity index (χ1) is 10.5. The van der Waals surface area contributed by atoms with Crippen molar-refractivity contribution in [2.75, 3.05) is 0 Å². The third kappa shape index (κ3) is 1.80. The lowest BCUT2D eigenvalue weighted by Gasteiger charge is -2.33. The number of benzene rings is 2. The Bertz CT molecular complexity index is 966. The summed E-state index contributed by atoms with van der Waals surface area (Å²) in [6, 6.07) is 8.87. The molecule has 0 amide bonds. The Kier molecular flexibility index (Phi) is 2.55. The second-order valence-corrected chi connectivity index (χ2v) is 6.38. The van der Waals surface area contributed by atoms with Crippen LogP contribution in [0.3, 0.4) is 0 Å². The number of para-hydroxylation sites is 1. The highest BCUT2D eigenvalue weighted by molar-refractivity contribution is 5.95. The van der Waals surface area contributed by atoms with Gasteiger partial charge in [0.1, 0.15) is 22.2 Å². The fraction of sp³-hybridized carbons (Fsp3) is 0.278. The first kappa shape index (κ1) is 13.2. The Hall–Kier alpha value is -2.49. The predicted molar refractivity (Wildman–Crippen MR) is 84.7 cm³/mol. The molecule has 4 rings (SSSR count). The zero-order valence-corrected chi connectivity index (χ0v) is 12.5. The van der Waals surface area contributed by atoms with E-state index in [1.165, 1.54) is 0 Å². The predicted octanol–water partition coefficient (Wildman–Crippen LogP) is 3.76. The molecule has 1 aliphatic heterocycles. The number of phenols is 1. The lowest BCUT2D eigenvalue weighted by molar-refractivity contribution is 0.0809. The van der Waals surface area contributed by atoms with Crippen molar-refractivity contribution in [2.24, 2.45) is 0 Å². The summed E-state index contributed by atoms with van der Waals surface area (Å²) in [5.74, 6) is 0.297. The SMILES string of the molecule is CC1(C)CCc2cc3oc4ccccc4c(=O)c3c(O)c2O1. The van der Waals surface area contributed by atoms with Gasteiger partial charge in [-0.05, 0) is 44.9 Å². The van der Waals surface area contributed by atoms with Crippen molar-refractivity contribution < 1.29 is 14.3 Å². The zero-order chi connectivity index (χ0) is 15.5. The van der Waals surface area contributed by atoms with E-state index >= 15 is 0 Å². The molecule has 4 nitrogen and oxygen atoms in total. The summed E-state index contributed by atoms with van der Waals surface area (Å²) in [4.78, 5) is 12.7. The van der Waals surface area contributed by atoms with Crippen LogP contribution in [0, 0.1) is 0 Å². The van der Waals surface area contributed by atoms with Gasteiger partial charge in [0, 0.05) is 5.56 Å². The average Bonchev–Trinajstić information content (AvgIpc) is 2.48. The molecule has 0 fully saturated rings. The van der Waals surface area contributed by atoms with Crippen LogP contribution in [-0.4, -0.2) is 10.7 Å². The van der Waals surface area contributed by atoms with Gasteiger partial charge in [0.2, 0.25) is 5.43 Å². The molecule has 0 atom stereocenters. The summed E-state index contributed by atoms with van der Waals surface area (Å²) in [5.41, 5.74) is 1.22. The second kappa shape index (κ2) is 4.26. The molecule has 1 N–H and O–H groups in total. The number of hydrogen-bond donors (Lipinski definition) is 1. The van der Waals surface area contributed by atoms with E-state index < -0.39 is 0 Å². The van der Waals surface area contributed by atoms with Crippen molar-refractivity contribution in [3.05, 3.63) is 46.1 Å². The molecule has 1 aliphatic rings. The van der Waals surface area contributed by atoms with E-state index in [1.807, 2.05) is 26.0 Å². The molecule has 2 heterocycles. The fourth-order valence-corrected chi connectivity index (χ4v) is 3.04. The van der Waals surface area contributed by atoms with Crippen LogP contribution in [-0.2, 0) is 6.42 Å². The van der Waals surface area contributed by atoms with Crippen molar-refractivity contribution in [2.45, 2.75) is 32.3 Å². The summed E-state index contributed by atoms with van der Waals surface area (Å²) in [6.45, 7) is 3.95. The normalized spacial score (nSPS) is 16.5. The number of fused-ring (bicyclic) bond motifs is 3. The maximum Gasteiger partial charge on any atom is 0.204 e. The molecule has 2 aromatic carbocycles. The van der Waals surface area contributed by atoms with Gasteiger partial charge in [-0.1, -0.05) is 12.1 Å². The molecule has 4 heteroatoms. The number of hydrogen-bond acceptors (Lipinski definition) is 4. The fourth-order valence-electron chi connectivity index (χ4n) is 3.04. The highest BCUT2D eigenvalue weighted by atomic mass is 16.5. The van der Waals surface area contributed by atoms with E-state index in [0.717, 1.165) is 18.4 Å². The summed E-state index contributed by atoms with van der Waals surface area (Å²) in [7, 11) is 0. The van der Waals surface area contributed by atoms with Gasteiger partial charge >= 0.3 is 0 Å². The molecule has 112 valence electrons. The maximum atomic E-state index is 12.7. The molecule has 0 unspecified atom stereocenters. The van der Waals surface area contributed by atoms with Crippen LogP contribution in [0.2, 0.25) is 0 Å². The number of phenolic OH excluding ortho intramolecular Hbond substituents is 1. The van der Waals surface area contributed by atoms with Crippen molar-refractivity contribution in [3.63, 3.8) is 0 Å². The van der Waals surface area contributed by atoms with Crippen LogP contribution in [0.4, 0.5) is 0 Å². The van der Waals surface area contributed by atoms with Gasteiger partial charge in [0.25, 0.3) is 0 Å². The molecule has 0 spiro atoms. The summed E-state index contributed by atoms with van der Waals surface area (Å²) >= 11 is 0. The quantitative estimate of drug-likeness (QED) is 0.642. The summed E-state index contributed by atoms with van der Waals surface area (Å²) in [5, 5.41) is 11.2. The van der Waals surface area contributed by atoms with Crippen LogP contribution in [0.25, 0.3) is 21.9 Å². The first-order valence-corrected chi connectivity index (χ1v) is 7.36. The van der Waals surface area contributed by atoms with Gasteiger partial charge in [-0.15, -0.1) is 0 Å². The van der Waals surface area contributed by atoms with Crippen molar-refractivity contribution >= 4 is 21.9 Å². The third-order valence-corrected chi connectivity index (χ3v) is 4.25. The standard InChI is InChI=1S/C18H16O4/c1-18(2)8-7-10-9-13-14(16(20)17(10)22-18)15(19)11-5-3-4-6-12(11)21-13/h3-6,9,20H,7-8H2,1-2H3. The maximum absolute atomic E-state index is 12.7. The van der Waals surface area contributed by atoms with E-state index in [-0.39, 0.29) is 22.2 Å². The molecule has 0 saturated carbocycles. The molecular weight excluding hydrogens is 280 g/mol. The Labute approximate surface area is 126 Å². The molecule has 0 radical (unpaired) electrons. The smallest absolute Gasteiger partial charge is 0.204 e. The molecule has 3 aromatic rings.